The van der Waals surface area contributed by atoms with Gasteiger partial charge in [-0.05, 0) is 71.6 Å². The van der Waals surface area contributed by atoms with E-state index in [1.807, 2.05) is 12.1 Å². The molecule has 0 aliphatic carbocycles. The van der Waals surface area contributed by atoms with Crippen LogP contribution in [0.2, 0.25) is 18.1 Å². The fourth-order valence-corrected chi connectivity index (χ4v) is 8.41. The van der Waals surface area contributed by atoms with Gasteiger partial charge in [-0.15, -0.1) is 0 Å². The predicted octanol–water partition coefficient (Wildman–Crippen LogP) is 7.93. The topological polar surface area (TPSA) is 0 Å². The number of hydrogen-bond acceptors (Lipinski definition) is 0. The summed E-state index contributed by atoms with van der Waals surface area (Å²) in [7, 11) is -0.408. The SMILES string of the molecule is CCC[SiH]1CCC(c2ccc(CCc3ccc(-c4ccc(F)c(F)c4)cc3)cc2)CC1. The third kappa shape index (κ3) is 5.71. The van der Waals surface area contributed by atoms with E-state index < -0.39 is 20.4 Å². The van der Waals surface area contributed by atoms with Crippen LogP contribution in [-0.2, 0) is 12.8 Å². The summed E-state index contributed by atoms with van der Waals surface area (Å²) >= 11 is 0. The molecular formula is C28H32F2Si. The first-order chi connectivity index (χ1) is 15.1. The molecule has 0 amide bonds. The summed E-state index contributed by atoms with van der Waals surface area (Å²) in [6, 6.07) is 26.1. The molecule has 0 saturated carbocycles. The van der Waals surface area contributed by atoms with Crippen LogP contribution in [0.25, 0.3) is 11.1 Å². The fourth-order valence-electron chi connectivity index (χ4n) is 4.98. The minimum Gasteiger partial charge on any atom is -0.204 e. The van der Waals surface area contributed by atoms with Crippen molar-refractivity contribution in [2.24, 2.45) is 0 Å². The van der Waals surface area contributed by atoms with Crippen molar-refractivity contribution in [3.63, 3.8) is 0 Å². The molecule has 0 N–H and O–H groups in total. The van der Waals surface area contributed by atoms with Crippen LogP contribution in [0.5, 0.6) is 0 Å². The highest BCUT2D eigenvalue weighted by atomic mass is 28.3. The van der Waals surface area contributed by atoms with Crippen LogP contribution < -0.4 is 0 Å². The zero-order chi connectivity index (χ0) is 21.6. The number of rotatable bonds is 7. The van der Waals surface area contributed by atoms with Crippen molar-refractivity contribution >= 4 is 8.80 Å². The molecule has 0 nitrogen and oxygen atoms in total. The average molecular weight is 435 g/mol. The van der Waals surface area contributed by atoms with Crippen molar-refractivity contribution in [2.45, 2.75) is 63.1 Å². The Bertz CT molecular complexity index is 971. The van der Waals surface area contributed by atoms with Gasteiger partial charge < -0.3 is 0 Å². The Kier molecular flexibility index (Phi) is 7.34. The fraction of sp³-hybridized carbons (Fsp3) is 0.357. The lowest BCUT2D eigenvalue weighted by Gasteiger charge is -2.27. The summed E-state index contributed by atoms with van der Waals surface area (Å²) in [6.07, 6.45) is 6.18. The van der Waals surface area contributed by atoms with E-state index in [9.17, 15) is 8.78 Å². The minimum absolute atomic E-state index is 0.408. The molecule has 162 valence electrons. The van der Waals surface area contributed by atoms with Crippen LogP contribution in [0.3, 0.4) is 0 Å². The summed E-state index contributed by atoms with van der Waals surface area (Å²) in [5, 5.41) is 0. The molecule has 31 heavy (non-hydrogen) atoms. The molecule has 0 bridgehead atoms. The largest absolute Gasteiger partial charge is 0.204 e. The maximum Gasteiger partial charge on any atom is 0.159 e. The van der Waals surface area contributed by atoms with Gasteiger partial charge in [0.1, 0.15) is 0 Å². The molecule has 1 aliphatic heterocycles. The Labute approximate surface area is 186 Å². The number of halogens is 2. The van der Waals surface area contributed by atoms with Crippen molar-refractivity contribution in [1.82, 2.24) is 0 Å². The van der Waals surface area contributed by atoms with Crippen LogP contribution in [0.1, 0.15) is 48.8 Å². The molecule has 0 atom stereocenters. The lowest BCUT2D eigenvalue weighted by atomic mass is 9.92. The summed E-state index contributed by atoms with van der Waals surface area (Å²) in [5.74, 6) is -0.836. The predicted molar refractivity (Wildman–Crippen MR) is 129 cm³/mol. The summed E-state index contributed by atoms with van der Waals surface area (Å²) in [5.41, 5.74) is 5.77. The smallest absolute Gasteiger partial charge is 0.159 e. The van der Waals surface area contributed by atoms with Crippen LogP contribution in [0, 0.1) is 11.6 Å². The zero-order valence-electron chi connectivity index (χ0n) is 18.4. The van der Waals surface area contributed by atoms with Crippen molar-refractivity contribution in [3.8, 4) is 11.1 Å². The lowest BCUT2D eigenvalue weighted by Crippen LogP contribution is -2.20. The van der Waals surface area contributed by atoms with Crippen LogP contribution >= 0.6 is 0 Å². The molecule has 3 aromatic rings. The Morgan fingerprint density at radius 3 is 1.90 bits per heavy atom. The van der Waals surface area contributed by atoms with Crippen LogP contribution in [-0.4, -0.2) is 8.80 Å². The van der Waals surface area contributed by atoms with Gasteiger partial charge in [-0.3, -0.25) is 0 Å². The standard InChI is InChI=1S/C28H32F2Si/c1-2-17-31-18-15-25(16-19-31)23-9-5-21(6-10-23)3-4-22-7-11-24(12-8-22)26-13-14-27(29)28(30)20-26/h5-14,20,25,31H,2-4,15-19H2,1H3. The van der Waals surface area contributed by atoms with E-state index in [1.54, 1.807) is 6.07 Å². The first kappa shape index (κ1) is 21.9. The monoisotopic (exact) mass is 434 g/mol. The van der Waals surface area contributed by atoms with Crippen LogP contribution in [0.15, 0.2) is 66.7 Å². The second-order valence-corrected chi connectivity index (χ2v) is 12.5. The molecular weight excluding hydrogens is 402 g/mol. The minimum atomic E-state index is -0.808. The van der Waals surface area contributed by atoms with E-state index in [2.05, 4.69) is 43.3 Å². The molecule has 0 aromatic heterocycles. The molecule has 3 heteroatoms. The Hall–Kier alpha value is -2.26. The summed E-state index contributed by atoms with van der Waals surface area (Å²) in [4.78, 5) is 0. The molecule has 0 unspecified atom stereocenters. The molecule has 0 spiro atoms. The van der Waals surface area contributed by atoms with E-state index in [0.29, 0.717) is 5.56 Å². The Balaban J connectivity index is 1.31. The van der Waals surface area contributed by atoms with E-state index >= 15 is 0 Å². The van der Waals surface area contributed by atoms with Gasteiger partial charge in [0.05, 0.1) is 0 Å². The first-order valence-electron chi connectivity index (χ1n) is 11.8. The maximum atomic E-state index is 13.5. The average Bonchev–Trinajstić information content (AvgIpc) is 2.81. The number of hydrogen-bond donors (Lipinski definition) is 0. The first-order valence-corrected chi connectivity index (χ1v) is 14.2. The van der Waals surface area contributed by atoms with Gasteiger partial charge in [-0.2, -0.15) is 0 Å². The van der Waals surface area contributed by atoms with Gasteiger partial charge in [0.15, 0.2) is 11.6 Å². The highest BCUT2D eigenvalue weighted by molar-refractivity contribution is 6.59. The van der Waals surface area contributed by atoms with Gasteiger partial charge >= 0.3 is 0 Å². The molecule has 1 fully saturated rings. The molecule has 1 saturated heterocycles. The third-order valence-electron chi connectivity index (χ3n) is 6.90. The second kappa shape index (κ2) is 10.4. The molecule has 4 rings (SSSR count). The van der Waals surface area contributed by atoms with Crippen molar-refractivity contribution in [3.05, 3.63) is 95.1 Å². The van der Waals surface area contributed by atoms with E-state index in [-0.39, 0.29) is 0 Å². The highest BCUT2D eigenvalue weighted by Gasteiger charge is 2.22. The van der Waals surface area contributed by atoms with Crippen LogP contribution in [0.4, 0.5) is 8.78 Å². The molecule has 3 aromatic carbocycles. The van der Waals surface area contributed by atoms with Gasteiger partial charge in [-0.1, -0.05) is 86.1 Å². The van der Waals surface area contributed by atoms with Gasteiger partial charge in [0.25, 0.3) is 0 Å². The Morgan fingerprint density at radius 1 is 0.742 bits per heavy atom. The van der Waals surface area contributed by atoms with Gasteiger partial charge in [0.2, 0.25) is 0 Å². The van der Waals surface area contributed by atoms with Crippen molar-refractivity contribution in [1.29, 1.82) is 0 Å². The highest BCUT2D eigenvalue weighted by Crippen LogP contribution is 2.35. The van der Waals surface area contributed by atoms with E-state index in [1.165, 1.54) is 66.2 Å². The van der Waals surface area contributed by atoms with Gasteiger partial charge in [-0.25, -0.2) is 8.78 Å². The molecule has 1 aliphatic rings. The zero-order valence-corrected chi connectivity index (χ0v) is 19.6. The summed E-state index contributed by atoms with van der Waals surface area (Å²) in [6.45, 7) is 2.33. The van der Waals surface area contributed by atoms with E-state index in [4.69, 9.17) is 0 Å². The van der Waals surface area contributed by atoms with Crippen molar-refractivity contribution < 1.29 is 8.78 Å². The quantitative estimate of drug-likeness (QED) is 0.331. The Morgan fingerprint density at radius 2 is 1.32 bits per heavy atom. The normalized spacial score (nSPS) is 18.8. The van der Waals surface area contributed by atoms with E-state index in [0.717, 1.165) is 24.3 Å². The lowest BCUT2D eigenvalue weighted by molar-refractivity contribution is 0.509. The molecule has 0 radical (unpaired) electrons. The maximum absolute atomic E-state index is 13.5. The van der Waals surface area contributed by atoms with Crippen molar-refractivity contribution in [2.75, 3.05) is 0 Å². The summed E-state index contributed by atoms with van der Waals surface area (Å²) < 4.78 is 26.6. The third-order valence-corrected chi connectivity index (χ3v) is 10.6. The number of benzene rings is 3. The molecule has 1 heterocycles. The number of aryl methyl sites for hydroxylation is 2. The second-order valence-electron chi connectivity index (χ2n) is 9.07. The van der Waals surface area contributed by atoms with Gasteiger partial charge in [0, 0.05) is 8.80 Å².